The zero-order chi connectivity index (χ0) is 40.4. The number of allylic oxidation sites excluding steroid dienone is 8. The molecule has 1 aliphatic heterocycles. The zero-order valence-corrected chi connectivity index (χ0v) is 36.7. The zero-order valence-electron chi connectivity index (χ0n) is 35.1. The Morgan fingerprint density at radius 2 is 1.16 bits per heavy atom. The average Bonchev–Trinajstić information content (AvgIpc) is 3.18. The molecule has 0 fully saturated rings. The highest BCUT2D eigenvalue weighted by Gasteiger charge is 2.33. The van der Waals surface area contributed by atoms with Gasteiger partial charge in [0.05, 0.1) is 0 Å². The minimum atomic E-state index is -0.165. The summed E-state index contributed by atoms with van der Waals surface area (Å²) in [5.74, 6) is -0.329. The molecule has 6 rings (SSSR count). The number of hydrogen-bond acceptors (Lipinski definition) is 3. The molecule has 0 saturated carbocycles. The lowest BCUT2D eigenvalue weighted by atomic mass is 9.78. The standard InChI is InChI=1S/C52H58O2S2/c1-11-13-15-35-17-21-37(22-18-35)43-29-40(30-44(55-43)39-25-27-42(28-26-39)51(5,6)7)33(3)47-49(53)48(50(47)54)34(4)41-31-45(56-46(32-41)52(8,9)10)38-23-19-36(20-24-38)16-14-12-2/h17-32H,11-16H2,1-10H3. The highest BCUT2D eigenvalue weighted by molar-refractivity contribution is 8.11. The van der Waals surface area contributed by atoms with E-state index >= 15 is 0 Å². The third-order valence-corrected chi connectivity index (χ3v) is 13.7. The Labute approximate surface area is 344 Å². The number of aryl methyl sites for hydroxylation is 2. The van der Waals surface area contributed by atoms with E-state index in [1.165, 1.54) is 47.3 Å². The van der Waals surface area contributed by atoms with E-state index in [1.54, 1.807) is 23.1 Å². The molecule has 1 aromatic heterocycles. The number of benzene rings is 3. The molecule has 290 valence electrons. The van der Waals surface area contributed by atoms with E-state index in [4.69, 9.17) is 0 Å². The first-order valence-corrected chi connectivity index (χ1v) is 22.0. The average molecular weight is 779 g/mol. The van der Waals surface area contributed by atoms with Crippen LogP contribution in [0.2, 0.25) is 0 Å². The van der Waals surface area contributed by atoms with Gasteiger partial charge < -0.3 is 5.11 Å². The third-order valence-electron chi connectivity index (χ3n) is 11.0. The lowest BCUT2D eigenvalue weighted by molar-refractivity contribution is -0.300. The maximum Gasteiger partial charge on any atom is 0.239 e. The van der Waals surface area contributed by atoms with Crippen molar-refractivity contribution in [3.8, 4) is 20.9 Å². The van der Waals surface area contributed by atoms with Gasteiger partial charge in [-0.1, -0.05) is 134 Å². The summed E-state index contributed by atoms with van der Waals surface area (Å²) in [7, 11) is 0. The van der Waals surface area contributed by atoms with Crippen LogP contribution in [0.5, 0.6) is 0 Å². The van der Waals surface area contributed by atoms with Gasteiger partial charge in [-0.25, -0.2) is 0 Å². The van der Waals surface area contributed by atoms with Gasteiger partial charge in [-0.15, -0.1) is 0 Å². The smallest absolute Gasteiger partial charge is 0.239 e. The van der Waals surface area contributed by atoms with Crippen LogP contribution in [-0.2, 0) is 23.1 Å². The lowest BCUT2D eigenvalue weighted by Crippen LogP contribution is -2.31. The second-order valence-electron chi connectivity index (χ2n) is 17.5. The van der Waals surface area contributed by atoms with Crippen LogP contribution >= 0.6 is 23.1 Å². The Bertz CT molecular complexity index is 2260. The van der Waals surface area contributed by atoms with E-state index in [2.05, 4.69) is 152 Å². The van der Waals surface area contributed by atoms with E-state index in [-0.39, 0.29) is 22.4 Å². The van der Waals surface area contributed by atoms with E-state index in [9.17, 15) is 9.90 Å². The minimum absolute atomic E-state index is 0.0551. The van der Waals surface area contributed by atoms with Crippen LogP contribution in [-0.4, -0.2) is 5.78 Å². The number of carbonyl (C=O) groups is 1. The monoisotopic (exact) mass is 778 g/mol. The van der Waals surface area contributed by atoms with Crippen molar-refractivity contribution in [3.63, 3.8) is 0 Å². The van der Waals surface area contributed by atoms with Gasteiger partial charge in [0.2, 0.25) is 21.1 Å². The second-order valence-corrected chi connectivity index (χ2v) is 19.7. The highest BCUT2D eigenvalue weighted by Crippen LogP contribution is 2.49. The van der Waals surface area contributed by atoms with Gasteiger partial charge >= 0.3 is 0 Å². The Morgan fingerprint density at radius 3 is 1.62 bits per heavy atom. The van der Waals surface area contributed by atoms with Crippen LogP contribution in [0.15, 0.2) is 130 Å². The molecule has 1 aliphatic carbocycles. The van der Waals surface area contributed by atoms with Gasteiger partial charge in [0.1, 0.15) is 0 Å². The molecule has 0 saturated heterocycles. The summed E-state index contributed by atoms with van der Waals surface area (Å²) in [5.41, 5.74) is 11.3. The van der Waals surface area contributed by atoms with Crippen molar-refractivity contribution < 1.29 is 9.90 Å². The largest absolute Gasteiger partial charge is 0.871 e. The summed E-state index contributed by atoms with van der Waals surface area (Å²) < 4.78 is 0. The predicted octanol–water partition coefficient (Wildman–Crippen LogP) is 14.4. The highest BCUT2D eigenvalue weighted by atomic mass is 32.2. The van der Waals surface area contributed by atoms with Crippen molar-refractivity contribution in [2.45, 2.75) is 113 Å². The molecule has 0 unspecified atom stereocenters. The Balaban J connectivity index is 1.42. The van der Waals surface area contributed by atoms with E-state index in [1.807, 2.05) is 13.8 Å². The lowest BCUT2D eigenvalue weighted by Gasteiger charge is -2.34. The fraction of sp³-hybridized carbons (Fsp3) is 0.346. The van der Waals surface area contributed by atoms with Gasteiger partial charge in [0.25, 0.3) is 0 Å². The van der Waals surface area contributed by atoms with E-state index < -0.39 is 0 Å². The van der Waals surface area contributed by atoms with Crippen molar-refractivity contribution in [3.05, 3.63) is 158 Å². The van der Waals surface area contributed by atoms with Crippen LogP contribution < -0.4 is 5.11 Å². The first-order valence-electron chi connectivity index (χ1n) is 20.4. The first kappa shape index (κ1) is 41.4. The molecular weight excluding hydrogens is 721 g/mol. The maximum absolute atomic E-state index is 14.2. The van der Waals surface area contributed by atoms with Crippen LogP contribution in [0.4, 0.5) is 0 Å². The van der Waals surface area contributed by atoms with Gasteiger partial charge in [-0.2, -0.15) is 0 Å². The first-order chi connectivity index (χ1) is 26.6. The normalized spacial score (nSPS) is 16.7. The summed E-state index contributed by atoms with van der Waals surface area (Å²) >= 11 is 3.53. The van der Waals surface area contributed by atoms with Gasteiger partial charge in [-0.3, -0.25) is 4.79 Å². The molecule has 2 aliphatic rings. The Hall–Kier alpha value is -4.25. The fourth-order valence-corrected chi connectivity index (χ4v) is 9.45. The molecule has 0 bridgehead atoms. The van der Waals surface area contributed by atoms with Crippen LogP contribution in [0.1, 0.15) is 123 Å². The van der Waals surface area contributed by atoms with E-state index in [0.29, 0.717) is 11.1 Å². The predicted molar refractivity (Wildman–Crippen MR) is 242 cm³/mol. The molecule has 3 aromatic carbocycles. The molecular formula is C52H58O2S2. The topological polar surface area (TPSA) is 40.1 Å². The number of carbonyl (C=O) groups excluding carboxylic acids is 1. The molecule has 4 aromatic rings. The molecule has 0 amide bonds. The Morgan fingerprint density at radius 1 is 0.661 bits per heavy atom. The van der Waals surface area contributed by atoms with Gasteiger partial charge in [0.15, 0.2) is 5.78 Å². The SMILES string of the molecule is CCCCc1ccc(C2=CC(=C(C)C3=C([O-])C(=C(C)c4cc(-c5ccc(CCCC)cc5)[s+]c(-c5ccc(C(C)(C)C)cc5)c4)C3=O)C=C(C(C)(C)C)S2)cc1. The van der Waals surface area contributed by atoms with Crippen LogP contribution in [0, 0.1) is 5.41 Å². The van der Waals surface area contributed by atoms with Crippen molar-refractivity contribution in [2.75, 3.05) is 0 Å². The molecule has 0 atom stereocenters. The molecule has 0 radical (unpaired) electrons. The number of rotatable bonds is 11. The Kier molecular flexibility index (Phi) is 12.6. The van der Waals surface area contributed by atoms with Crippen molar-refractivity contribution in [2.24, 2.45) is 5.41 Å². The third kappa shape index (κ3) is 9.14. The number of ketones is 1. The van der Waals surface area contributed by atoms with Crippen molar-refractivity contribution in [1.29, 1.82) is 0 Å². The fourth-order valence-electron chi connectivity index (χ4n) is 7.16. The number of unbranched alkanes of at least 4 members (excludes halogenated alkanes) is 2. The summed E-state index contributed by atoms with van der Waals surface area (Å²) in [4.78, 5) is 18.8. The van der Waals surface area contributed by atoms with Gasteiger partial charge in [-0.05, 0) is 136 Å². The summed E-state index contributed by atoms with van der Waals surface area (Å²) in [5, 5.41) is 14.2. The molecule has 2 heterocycles. The summed E-state index contributed by atoms with van der Waals surface area (Å²) in [6, 6.07) is 30.9. The number of hydrogen-bond donors (Lipinski definition) is 0. The molecule has 2 nitrogen and oxygen atoms in total. The maximum atomic E-state index is 14.2. The summed E-state index contributed by atoms with van der Waals surface area (Å²) in [6.45, 7) is 21.7. The van der Waals surface area contributed by atoms with Crippen LogP contribution in [0.3, 0.4) is 0 Å². The molecule has 0 spiro atoms. The van der Waals surface area contributed by atoms with E-state index in [0.717, 1.165) is 66.5 Å². The van der Waals surface area contributed by atoms with Crippen LogP contribution in [0.25, 0.3) is 31.4 Å². The molecule has 4 heteroatoms. The molecule has 56 heavy (non-hydrogen) atoms. The molecule has 0 N–H and O–H groups in total. The number of thioether (sulfide) groups is 1. The van der Waals surface area contributed by atoms with Crippen molar-refractivity contribution in [1.82, 2.24) is 0 Å². The van der Waals surface area contributed by atoms with Gasteiger partial charge in [0, 0.05) is 39.3 Å². The summed E-state index contributed by atoms with van der Waals surface area (Å²) in [6.07, 6.45) is 11.2. The quantitative estimate of drug-likeness (QED) is 0.112. The van der Waals surface area contributed by atoms with Crippen molar-refractivity contribution >= 4 is 39.4 Å². The second kappa shape index (κ2) is 17.1. The minimum Gasteiger partial charge on any atom is -0.871 e. The number of Topliss-reactive ketones (excluding diaryl/α,β-unsaturated/α-hetero) is 1.